The Morgan fingerprint density at radius 1 is 1.46 bits per heavy atom. The number of rotatable bonds is 2. The molecule has 1 rings (SSSR count). The van der Waals surface area contributed by atoms with E-state index in [0.717, 1.165) is 17.2 Å². The van der Waals surface area contributed by atoms with E-state index in [1.165, 1.54) is 0 Å². The van der Waals surface area contributed by atoms with E-state index in [0.29, 0.717) is 6.04 Å². The number of nitrogens with two attached hydrogens (primary N) is 1. The SMILES string of the molecule is Cc1nn(C)c(N(C)C(C)C)c1N. The summed E-state index contributed by atoms with van der Waals surface area (Å²) in [7, 11) is 3.94. The molecule has 0 aliphatic rings. The number of hydrogen-bond acceptors (Lipinski definition) is 3. The highest BCUT2D eigenvalue weighted by Crippen LogP contribution is 2.25. The molecule has 0 unspecified atom stereocenters. The fraction of sp³-hybridized carbons (Fsp3) is 0.667. The van der Waals surface area contributed by atoms with Crippen LogP contribution in [-0.2, 0) is 7.05 Å². The Balaban J connectivity index is 3.13. The third-order valence-corrected chi connectivity index (χ3v) is 2.35. The third-order valence-electron chi connectivity index (χ3n) is 2.35. The van der Waals surface area contributed by atoms with Gasteiger partial charge in [0.1, 0.15) is 5.82 Å². The molecule has 0 radical (unpaired) electrons. The Bertz CT molecular complexity index is 301. The lowest BCUT2D eigenvalue weighted by atomic mass is 10.3. The lowest BCUT2D eigenvalue weighted by molar-refractivity contribution is 0.682. The van der Waals surface area contributed by atoms with E-state index >= 15 is 0 Å². The molecule has 0 aliphatic heterocycles. The van der Waals surface area contributed by atoms with Gasteiger partial charge < -0.3 is 10.6 Å². The van der Waals surface area contributed by atoms with Crippen LogP contribution in [0.25, 0.3) is 0 Å². The molecule has 0 bridgehead atoms. The molecule has 0 atom stereocenters. The van der Waals surface area contributed by atoms with Crippen molar-refractivity contribution >= 4 is 11.5 Å². The van der Waals surface area contributed by atoms with Gasteiger partial charge >= 0.3 is 0 Å². The predicted molar refractivity (Wildman–Crippen MR) is 55.9 cm³/mol. The van der Waals surface area contributed by atoms with Crippen molar-refractivity contribution in [2.24, 2.45) is 7.05 Å². The first-order valence-corrected chi connectivity index (χ1v) is 4.47. The summed E-state index contributed by atoms with van der Waals surface area (Å²) in [5.74, 6) is 0.993. The smallest absolute Gasteiger partial charge is 0.150 e. The number of aryl methyl sites for hydroxylation is 2. The molecule has 4 nitrogen and oxygen atoms in total. The van der Waals surface area contributed by atoms with Gasteiger partial charge in [-0.05, 0) is 20.8 Å². The first-order chi connectivity index (χ1) is 5.95. The Morgan fingerprint density at radius 2 is 2.00 bits per heavy atom. The summed E-state index contributed by atoms with van der Waals surface area (Å²) in [6.45, 7) is 6.18. The van der Waals surface area contributed by atoms with Crippen molar-refractivity contribution in [2.45, 2.75) is 26.8 Å². The van der Waals surface area contributed by atoms with Crippen LogP contribution >= 0.6 is 0 Å². The zero-order chi connectivity index (χ0) is 10.2. The van der Waals surface area contributed by atoms with E-state index in [9.17, 15) is 0 Å². The van der Waals surface area contributed by atoms with E-state index in [-0.39, 0.29) is 0 Å². The first kappa shape index (κ1) is 9.89. The van der Waals surface area contributed by atoms with E-state index in [1.807, 2.05) is 25.7 Å². The first-order valence-electron chi connectivity index (χ1n) is 4.47. The van der Waals surface area contributed by atoms with Crippen molar-refractivity contribution in [2.75, 3.05) is 17.7 Å². The van der Waals surface area contributed by atoms with Crippen molar-refractivity contribution in [1.29, 1.82) is 0 Å². The summed E-state index contributed by atoms with van der Waals surface area (Å²) in [5.41, 5.74) is 7.59. The highest BCUT2D eigenvalue weighted by atomic mass is 15.4. The number of anilines is 2. The standard InChI is InChI=1S/C9H18N4/c1-6(2)12(4)9-8(10)7(3)11-13(9)5/h6H,10H2,1-5H3. The van der Waals surface area contributed by atoms with Gasteiger partial charge in [0, 0.05) is 20.1 Å². The van der Waals surface area contributed by atoms with Crippen LogP contribution in [0.5, 0.6) is 0 Å². The van der Waals surface area contributed by atoms with Gasteiger partial charge in [-0.1, -0.05) is 0 Å². The average molecular weight is 182 g/mol. The molecule has 0 amide bonds. The molecule has 1 aromatic heterocycles. The third kappa shape index (κ3) is 1.61. The fourth-order valence-corrected chi connectivity index (χ4v) is 1.33. The van der Waals surface area contributed by atoms with Crippen LogP contribution in [0.4, 0.5) is 11.5 Å². The molecule has 74 valence electrons. The molecule has 1 heterocycles. The maximum atomic E-state index is 5.92. The van der Waals surface area contributed by atoms with Gasteiger partial charge in [0.25, 0.3) is 0 Å². The summed E-state index contributed by atoms with van der Waals surface area (Å²) in [4.78, 5) is 2.12. The van der Waals surface area contributed by atoms with Crippen molar-refractivity contribution in [3.63, 3.8) is 0 Å². The summed E-state index contributed by atoms with van der Waals surface area (Å²) < 4.78 is 1.82. The van der Waals surface area contributed by atoms with E-state index in [1.54, 1.807) is 0 Å². The normalized spacial score (nSPS) is 10.9. The molecule has 0 saturated heterocycles. The second-order valence-electron chi connectivity index (χ2n) is 3.65. The molecule has 4 heteroatoms. The van der Waals surface area contributed by atoms with Crippen LogP contribution in [0.3, 0.4) is 0 Å². The van der Waals surface area contributed by atoms with Crippen LogP contribution in [0.2, 0.25) is 0 Å². The minimum Gasteiger partial charge on any atom is -0.394 e. The molecule has 13 heavy (non-hydrogen) atoms. The second kappa shape index (κ2) is 3.28. The van der Waals surface area contributed by atoms with Gasteiger partial charge in [0.05, 0.1) is 11.4 Å². The fourth-order valence-electron chi connectivity index (χ4n) is 1.33. The molecular weight excluding hydrogens is 164 g/mol. The molecular formula is C9H18N4. The van der Waals surface area contributed by atoms with Gasteiger partial charge in [0.15, 0.2) is 0 Å². The molecule has 1 aromatic rings. The maximum absolute atomic E-state index is 5.92. The summed E-state index contributed by atoms with van der Waals surface area (Å²) in [5, 5.41) is 4.26. The number of nitrogen functional groups attached to an aromatic ring is 1. The quantitative estimate of drug-likeness (QED) is 0.746. The van der Waals surface area contributed by atoms with Crippen LogP contribution in [-0.4, -0.2) is 22.9 Å². The molecule has 0 fully saturated rings. The van der Waals surface area contributed by atoms with Gasteiger partial charge in [-0.2, -0.15) is 5.10 Å². The van der Waals surface area contributed by atoms with Crippen molar-refractivity contribution in [3.8, 4) is 0 Å². The Hall–Kier alpha value is -1.19. The Morgan fingerprint density at radius 3 is 2.31 bits per heavy atom. The average Bonchev–Trinajstić information content (AvgIpc) is 2.26. The maximum Gasteiger partial charge on any atom is 0.150 e. The van der Waals surface area contributed by atoms with Crippen LogP contribution in [0.15, 0.2) is 0 Å². The molecule has 0 saturated carbocycles. The minimum absolute atomic E-state index is 0.428. The summed E-state index contributed by atoms with van der Waals surface area (Å²) in [6.07, 6.45) is 0. The van der Waals surface area contributed by atoms with Gasteiger partial charge in [-0.3, -0.25) is 4.68 Å². The van der Waals surface area contributed by atoms with E-state index in [4.69, 9.17) is 5.73 Å². The van der Waals surface area contributed by atoms with Crippen molar-refractivity contribution in [3.05, 3.63) is 5.69 Å². The molecule has 2 N–H and O–H groups in total. The zero-order valence-corrected chi connectivity index (χ0v) is 9.00. The zero-order valence-electron chi connectivity index (χ0n) is 9.00. The summed E-state index contributed by atoms with van der Waals surface area (Å²) in [6, 6.07) is 0.428. The topological polar surface area (TPSA) is 47.1 Å². The van der Waals surface area contributed by atoms with Crippen LogP contribution in [0.1, 0.15) is 19.5 Å². The lowest BCUT2D eigenvalue weighted by Crippen LogP contribution is -2.28. The summed E-state index contributed by atoms with van der Waals surface area (Å²) >= 11 is 0. The van der Waals surface area contributed by atoms with Crippen LogP contribution < -0.4 is 10.6 Å². The number of aromatic nitrogens is 2. The largest absolute Gasteiger partial charge is 0.394 e. The van der Waals surface area contributed by atoms with Crippen molar-refractivity contribution in [1.82, 2.24) is 9.78 Å². The Labute approximate surface area is 79.3 Å². The minimum atomic E-state index is 0.428. The predicted octanol–water partition coefficient (Wildman–Crippen LogP) is 1.16. The van der Waals surface area contributed by atoms with Crippen LogP contribution in [0, 0.1) is 6.92 Å². The van der Waals surface area contributed by atoms with Gasteiger partial charge in [-0.25, -0.2) is 0 Å². The molecule has 0 aliphatic carbocycles. The monoisotopic (exact) mass is 182 g/mol. The highest BCUT2D eigenvalue weighted by molar-refractivity contribution is 5.66. The lowest BCUT2D eigenvalue weighted by Gasteiger charge is -2.23. The van der Waals surface area contributed by atoms with Crippen molar-refractivity contribution < 1.29 is 0 Å². The Kier molecular flexibility index (Phi) is 2.50. The van der Waals surface area contributed by atoms with Gasteiger partial charge in [-0.15, -0.1) is 0 Å². The molecule has 0 aromatic carbocycles. The number of hydrogen-bond donors (Lipinski definition) is 1. The van der Waals surface area contributed by atoms with E-state index in [2.05, 4.69) is 23.8 Å². The van der Waals surface area contributed by atoms with E-state index < -0.39 is 0 Å². The van der Waals surface area contributed by atoms with Gasteiger partial charge in [0.2, 0.25) is 0 Å². The second-order valence-corrected chi connectivity index (χ2v) is 3.65. The molecule has 0 spiro atoms. The highest BCUT2D eigenvalue weighted by Gasteiger charge is 2.15. The number of nitrogens with zero attached hydrogens (tertiary/aromatic N) is 3.